The first-order valence-corrected chi connectivity index (χ1v) is 25.8. The molecule has 0 saturated carbocycles. The van der Waals surface area contributed by atoms with Gasteiger partial charge in [0.1, 0.15) is 0 Å². The van der Waals surface area contributed by atoms with Gasteiger partial charge in [-0.05, 0) is 0 Å². The molecule has 5 aromatic carbocycles. The van der Waals surface area contributed by atoms with Gasteiger partial charge in [-0.1, -0.05) is 0 Å². The maximum atomic E-state index is 14.2. The van der Waals surface area contributed by atoms with Crippen LogP contribution in [0.3, 0.4) is 0 Å². The van der Waals surface area contributed by atoms with Gasteiger partial charge in [-0.15, -0.1) is 0 Å². The molecule has 0 bridgehead atoms. The molecular formula is C36H34Cl2HfNOSi. The number of nitrogens with one attached hydrogen (secondary N) is 1. The number of benzene rings is 5. The maximum Gasteiger partial charge on any atom is -1.00 e. The summed E-state index contributed by atoms with van der Waals surface area (Å²) in [4.78, 5) is 14.2. The molecule has 0 atom stereocenters. The van der Waals surface area contributed by atoms with Gasteiger partial charge in [-0.25, -0.2) is 0 Å². The van der Waals surface area contributed by atoms with Gasteiger partial charge in [-0.3, -0.25) is 0 Å². The van der Waals surface area contributed by atoms with Crippen molar-refractivity contribution in [3.63, 3.8) is 0 Å². The van der Waals surface area contributed by atoms with Crippen LogP contribution in [-0.2, 0) is 26.3 Å². The molecule has 6 heteroatoms. The minimum absolute atomic E-state index is 0. The van der Waals surface area contributed by atoms with Crippen molar-refractivity contribution < 1.29 is 50.5 Å². The summed E-state index contributed by atoms with van der Waals surface area (Å²) in [5, 5.41) is 2.84. The summed E-state index contributed by atoms with van der Waals surface area (Å²) in [5.74, 6) is -1.70. The fraction of sp³-hybridized carbons (Fsp3) is 0.139. The van der Waals surface area contributed by atoms with Gasteiger partial charge in [0.15, 0.2) is 0 Å². The van der Waals surface area contributed by atoms with E-state index in [1.54, 1.807) is 0 Å². The topological polar surface area (TPSA) is 29.1 Å². The molecule has 0 spiro atoms. The normalized spacial score (nSPS) is 12.0. The van der Waals surface area contributed by atoms with Crippen LogP contribution in [0.5, 0.6) is 0 Å². The Morgan fingerprint density at radius 1 is 0.643 bits per heavy atom. The van der Waals surface area contributed by atoms with E-state index in [-0.39, 0.29) is 39.8 Å². The Hall–Kier alpha value is -2.76. The molecule has 0 heterocycles. The molecule has 1 aliphatic rings. The summed E-state index contributed by atoms with van der Waals surface area (Å²) in [5.41, 5.74) is 7.35. The first-order valence-electron chi connectivity index (χ1n) is 14.0. The van der Waals surface area contributed by atoms with Crippen LogP contribution >= 0.6 is 0 Å². The molecule has 0 aromatic heterocycles. The van der Waals surface area contributed by atoms with Crippen LogP contribution in [0.1, 0.15) is 51.5 Å². The number of carbonyl (C=O) groups excluding carboxylic acids is 1. The molecule has 0 unspecified atom stereocenters. The van der Waals surface area contributed by atoms with Crippen molar-refractivity contribution in [3.05, 3.63) is 156 Å². The van der Waals surface area contributed by atoms with Crippen LogP contribution in [0.2, 0.25) is 0 Å². The van der Waals surface area contributed by atoms with Gasteiger partial charge in [-0.2, -0.15) is 0 Å². The Kier molecular flexibility index (Phi) is 10.5. The number of rotatable bonds is 6. The number of halogens is 2. The Morgan fingerprint density at radius 2 is 1.12 bits per heavy atom. The molecule has 211 valence electrons. The third-order valence-electron chi connectivity index (χ3n) is 7.97. The molecule has 0 aliphatic heterocycles. The van der Waals surface area contributed by atoms with E-state index in [0.29, 0.717) is 0 Å². The molecule has 2 nitrogen and oxygen atoms in total. The van der Waals surface area contributed by atoms with Gasteiger partial charge in [0.05, 0.1) is 0 Å². The predicted molar refractivity (Wildman–Crippen MR) is 166 cm³/mol. The third kappa shape index (κ3) is 6.43. The number of fused-ring (bicyclic) bond motifs is 3. The van der Waals surface area contributed by atoms with Crippen LogP contribution in [0, 0.1) is 0 Å². The standard InChI is InChI=1S/C13H9.C12H11Si.C11H15NO.2ClH.Hf/c1-3-7-12-10(5-1)9-11-6-2-4-8-13(11)12;1-3-7-11(8-4-1)13-12-9-5-2-6-10-12;1-11(2,3)9-6-4-5-8(7-9)10(12)13;;;/h1-9H;1-10,13H;4-7H,1-3H3,(H2,12,13);2*1H;/q;;;;;+3/p-3. The summed E-state index contributed by atoms with van der Waals surface area (Å²) in [7, 11) is 0. The summed E-state index contributed by atoms with van der Waals surface area (Å²) in [6, 6.07) is 48.0. The Bertz CT molecular complexity index is 1570. The van der Waals surface area contributed by atoms with Crippen molar-refractivity contribution in [1.82, 2.24) is 3.30 Å². The summed E-state index contributed by atoms with van der Waals surface area (Å²) >= 11 is -3.14. The molecule has 6 rings (SSSR count). The van der Waals surface area contributed by atoms with Gasteiger partial charge in [0.2, 0.25) is 0 Å². The van der Waals surface area contributed by atoms with Crippen molar-refractivity contribution in [2.24, 2.45) is 0 Å². The van der Waals surface area contributed by atoms with Crippen molar-refractivity contribution in [3.8, 4) is 11.1 Å². The molecular weight excluding hydrogens is 740 g/mol. The quantitative estimate of drug-likeness (QED) is 0.252. The van der Waals surface area contributed by atoms with Crippen LogP contribution in [0.15, 0.2) is 133 Å². The Labute approximate surface area is 270 Å². The third-order valence-corrected chi connectivity index (χ3v) is 34.8. The Balaban J connectivity index is 0.00000202. The predicted octanol–water partition coefficient (Wildman–Crippen LogP) is 0.563. The molecule has 1 N–H and O–H groups in total. The summed E-state index contributed by atoms with van der Waals surface area (Å²) < 4.78 is 4.14. The van der Waals surface area contributed by atoms with E-state index in [0.717, 1.165) is 5.56 Å². The molecule has 42 heavy (non-hydrogen) atoms. The molecule has 0 saturated heterocycles. The molecule has 1 aliphatic carbocycles. The fourth-order valence-electron chi connectivity index (χ4n) is 5.97. The largest absolute Gasteiger partial charge is 1.00 e. The van der Waals surface area contributed by atoms with Gasteiger partial charge in [0, 0.05) is 0 Å². The van der Waals surface area contributed by atoms with Crippen molar-refractivity contribution in [2.75, 3.05) is 0 Å². The van der Waals surface area contributed by atoms with E-state index in [2.05, 4.69) is 145 Å². The van der Waals surface area contributed by atoms with E-state index < -0.39 is 26.9 Å². The van der Waals surface area contributed by atoms with Crippen molar-refractivity contribution in [1.29, 1.82) is 0 Å². The summed E-state index contributed by atoms with van der Waals surface area (Å²) in [6.45, 7) is 6.60. The van der Waals surface area contributed by atoms with Crippen LogP contribution in [0.4, 0.5) is 0 Å². The van der Waals surface area contributed by atoms with Gasteiger partial charge < -0.3 is 24.8 Å². The zero-order valence-electron chi connectivity index (χ0n) is 24.0. The zero-order chi connectivity index (χ0) is 27.7. The van der Waals surface area contributed by atoms with Crippen LogP contribution < -0.4 is 38.5 Å². The molecule has 0 fully saturated rings. The summed E-state index contributed by atoms with van der Waals surface area (Å²) in [6.07, 6.45) is 0. The molecule has 0 radical (unpaired) electrons. The first-order chi connectivity index (χ1) is 19.4. The van der Waals surface area contributed by atoms with E-state index in [1.165, 1.54) is 38.2 Å². The number of hydrogen-bond acceptors (Lipinski definition) is 1. The Morgan fingerprint density at radius 3 is 1.62 bits per heavy atom. The van der Waals surface area contributed by atoms with Crippen molar-refractivity contribution in [2.45, 2.75) is 29.9 Å². The van der Waals surface area contributed by atoms with Crippen molar-refractivity contribution >= 4 is 22.3 Å². The van der Waals surface area contributed by atoms with E-state index in [9.17, 15) is 4.79 Å². The SMILES string of the molecule is CC(C)(C)c1cccc(C(=O)[NH][Hf+2]([CH]2c3ccccc3-c3ccccc32)[SiH](c2ccccc2)c2ccccc2)c1.[Cl-].[Cl-]. The number of carbonyl (C=O) groups is 1. The number of hydrogen-bond donors (Lipinski definition) is 1. The maximum absolute atomic E-state index is 14.2. The van der Waals surface area contributed by atoms with E-state index in [4.69, 9.17) is 0 Å². The second-order valence-corrected chi connectivity index (χ2v) is 31.4. The van der Waals surface area contributed by atoms with Gasteiger partial charge >= 0.3 is 248 Å². The molecule has 1 amide bonds. The zero-order valence-corrected chi connectivity index (χ0v) is 30.3. The monoisotopic (exact) mass is 774 g/mol. The number of amides is 1. The molecule has 5 aromatic rings. The van der Waals surface area contributed by atoms with Gasteiger partial charge in [0.25, 0.3) is 0 Å². The second-order valence-electron chi connectivity index (χ2n) is 11.6. The second kappa shape index (κ2) is 13.7. The minimum Gasteiger partial charge on any atom is -1.00 e. The smallest absolute Gasteiger partial charge is 1.00 e. The average Bonchev–Trinajstić information content (AvgIpc) is 3.32. The average molecular weight is 774 g/mol. The van der Waals surface area contributed by atoms with E-state index in [1.807, 2.05) is 12.1 Å². The minimum atomic E-state index is -3.14. The van der Waals surface area contributed by atoms with Crippen LogP contribution in [-0.4, -0.2) is 11.9 Å². The van der Waals surface area contributed by atoms with E-state index >= 15 is 0 Å². The fourth-order valence-corrected chi connectivity index (χ4v) is 36.0. The first kappa shape index (κ1) is 32.2. The van der Waals surface area contributed by atoms with Crippen LogP contribution in [0.25, 0.3) is 11.1 Å².